The van der Waals surface area contributed by atoms with E-state index in [0.29, 0.717) is 38.6 Å². The van der Waals surface area contributed by atoms with E-state index in [1.807, 2.05) is 6.08 Å². The normalized spacial score (nSPS) is 19.6. The van der Waals surface area contributed by atoms with E-state index < -0.39 is 5.79 Å². The molecule has 2 aliphatic heterocycles. The molecule has 2 fully saturated rings. The van der Waals surface area contributed by atoms with Crippen molar-refractivity contribution >= 4 is 11.9 Å². The molecule has 0 radical (unpaired) electrons. The number of allylic oxidation sites excluding steroid dienone is 1. The highest BCUT2D eigenvalue weighted by atomic mass is 16.7. The Bertz CT molecular complexity index is 1070. The maximum atomic E-state index is 12.5. The van der Waals surface area contributed by atoms with Crippen LogP contribution in [-0.2, 0) is 28.5 Å². The van der Waals surface area contributed by atoms with Gasteiger partial charge in [-0.1, -0.05) is 129 Å². The van der Waals surface area contributed by atoms with Crippen molar-refractivity contribution in [2.45, 2.75) is 200 Å². The standard InChI is InChI=1S/C46H79NO6/c1-5-8-19-28-41(4)37-44(48)50-35-26-17-13-11-15-22-31-46(52-40-43(53-46)39-47-33-24-25-34-47)32-23-16-12-14-18-27-36-51-45(49)38-42(29-20-9-6-2)30-21-10-7-3/h29,41-43H,2,5,7-8,10-19,21-28,30-40H2,1,3-4H3. The summed E-state index contributed by atoms with van der Waals surface area (Å²) < 4.78 is 24.3. The van der Waals surface area contributed by atoms with E-state index in [-0.39, 0.29) is 24.0 Å². The smallest absolute Gasteiger partial charge is 0.306 e. The largest absolute Gasteiger partial charge is 0.466 e. The maximum Gasteiger partial charge on any atom is 0.306 e. The van der Waals surface area contributed by atoms with Crippen molar-refractivity contribution in [3.05, 3.63) is 29.8 Å². The SMILES string of the molecule is C=C=C=C=CC(CCCCC)CC(=O)OCCCCCCCCC1(CCCCCCCCOC(=O)CC(C)CCCCC)OCC(CN2CCCC2)O1. The van der Waals surface area contributed by atoms with Crippen molar-refractivity contribution in [2.24, 2.45) is 11.8 Å². The highest BCUT2D eigenvalue weighted by molar-refractivity contribution is 5.70. The van der Waals surface area contributed by atoms with E-state index in [1.54, 1.807) is 0 Å². The molecule has 0 aliphatic carbocycles. The van der Waals surface area contributed by atoms with Crippen LogP contribution in [0.4, 0.5) is 0 Å². The van der Waals surface area contributed by atoms with E-state index in [4.69, 9.17) is 18.9 Å². The minimum Gasteiger partial charge on any atom is -0.466 e. The number of rotatable bonds is 33. The number of ether oxygens (including phenoxy) is 4. The molecule has 7 nitrogen and oxygen atoms in total. The zero-order valence-electron chi connectivity index (χ0n) is 34.5. The summed E-state index contributed by atoms with van der Waals surface area (Å²) >= 11 is 0. The zero-order valence-corrected chi connectivity index (χ0v) is 34.5. The molecule has 0 aromatic heterocycles. The number of carbonyl (C=O) groups excluding carboxylic acids is 2. The lowest BCUT2D eigenvalue weighted by Gasteiger charge is -2.29. The molecule has 0 aromatic rings. The molecule has 7 heteroatoms. The molecule has 304 valence electrons. The number of nitrogens with zero attached hydrogens (tertiary/aromatic N) is 1. The van der Waals surface area contributed by atoms with Crippen LogP contribution in [0.15, 0.2) is 29.8 Å². The van der Waals surface area contributed by atoms with Gasteiger partial charge in [-0.2, -0.15) is 0 Å². The van der Waals surface area contributed by atoms with Crippen LogP contribution in [0.25, 0.3) is 0 Å². The second kappa shape index (κ2) is 31.1. The van der Waals surface area contributed by atoms with Gasteiger partial charge in [0.2, 0.25) is 0 Å². The van der Waals surface area contributed by atoms with Gasteiger partial charge < -0.3 is 23.8 Å². The Hall–Kier alpha value is -2.10. The minimum atomic E-state index is -0.429. The van der Waals surface area contributed by atoms with Gasteiger partial charge in [0.1, 0.15) is 0 Å². The molecule has 0 bridgehead atoms. The number of carbonyl (C=O) groups is 2. The fourth-order valence-electron chi connectivity index (χ4n) is 7.70. The Balaban J connectivity index is 1.60. The van der Waals surface area contributed by atoms with Crippen molar-refractivity contribution in [3.8, 4) is 0 Å². The summed E-state index contributed by atoms with van der Waals surface area (Å²) in [6, 6.07) is 0. The number of esters is 2. The van der Waals surface area contributed by atoms with Crippen LogP contribution < -0.4 is 0 Å². The van der Waals surface area contributed by atoms with Crippen LogP contribution >= 0.6 is 0 Å². The zero-order chi connectivity index (χ0) is 38.2. The fraction of sp³-hybridized carbons (Fsp3) is 0.848. The molecular formula is C46H79NO6. The Morgan fingerprint density at radius 3 is 1.91 bits per heavy atom. The highest BCUT2D eigenvalue weighted by Gasteiger charge is 2.41. The lowest BCUT2D eigenvalue weighted by Crippen LogP contribution is -2.35. The van der Waals surface area contributed by atoms with Crippen LogP contribution in [0.5, 0.6) is 0 Å². The van der Waals surface area contributed by atoms with Crippen LogP contribution in [0.3, 0.4) is 0 Å². The number of likely N-dealkylation sites (tertiary alicyclic amines) is 1. The van der Waals surface area contributed by atoms with Gasteiger partial charge in [0.25, 0.3) is 0 Å². The van der Waals surface area contributed by atoms with Crippen molar-refractivity contribution in [1.29, 1.82) is 0 Å². The second-order valence-corrected chi connectivity index (χ2v) is 16.0. The monoisotopic (exact) mass is 742 g/mol. The van der Waals surface area contributed by atoms with Crippen molar-refractivity contribution in [3.63, 3.8) is 0 Å². The van der Waals surface area contributed by atoms with E-state index >= 15 is 0 Å². The van der Waals surface area contributed by atoms with Gasteiger partial charge in [-0.15, -0.1) is 0 Å². The molecule has 0 aromatic carbocycles. The predicted octanol–water partition coefficient (Wildman–Crippen LogP) is 11.6. The Morgan fingerprint density at radius 2 is 1.32 bits per heavy atom. The lowest BCUT2D eigenvalue weighted by molar-refractivity contribution is -0.180. The summed E-state index contributed by atoms with van der Waals surface area (Å²) in [5, 5.41) is 0. The summed E-state index contributed by atoms with van der Waals surface area (Å²) in [6.45, 7) is 15.2. The van der Waals surface area contributed by atoms with E-state index in [2.05, 4.69) is 49.4 Å². The summed E-state index contributed by atoms with van der Waals surface area (Å²) in [6.07, 6.45) is 30.2. The molecule has 53 heavy (non-hydrogen) atoms. The molecule has 4 unspecified atom stereocenters. The maximum absolute atomic E-state index is 12.5. The first-order valence-corrected chi connectivity index (χ1v) is 22.1. The first kappa shape index (κ1) is 47.1. The first-order valence-electron chi connectivity index (χ1n) is 22.1. The molecular weight excluding hydrogens is 663 g/mol. The van der Waals surface area contributed by atoms with Crippen molar-refractivity contribution in [2.75, 3.05) is 39.5 Å². The molecule has 2 rings (SSSR count). The summed E-state index contributed by atoms with van der Waals surface area (Å²) in [7, 11) is 0. The molecule has 0 amide bonds. The molecule has 2 saturated heterocycles. The fourth-order valence-corrected chi connectivity index (χ4v) is 7.70. The Kier molecular flexibility index (Phi) is 27.6. The van der Waals surface area contributed by atoms with Gasteiger partial charge in [-0.05, 0) is 88.3 Å². The number of hydrogen-bond donors (Lipinski definition) is 0. The van der Waals surface area contributed by atoms with Gasteiger partial charge in [-0.25, -0.2) is 0 Å². The first-order chi connectivity index (χ1) is 25.9. The van der Waals surface area contributed by atoms with Gasteiger partial charge >= 0.3 is 11.9 Å². The number of unbranched alkanes of at least 4 members (excludes halogenated alkanes) is 14. The van der Waals surface area contributed by atoms with Gasteiger partial charge in [-0.3, -0.25) is 9.59 Å². The topological polar surface area (TPSA) is 74.3 Å². The van der Waals surface area contributed by atoms with Crippen molar-refractivity contribution in [1.82, 2.24) is 4.90 Å². The highest BCUT2D eigenvalue weighted by Crippen LogP contribution is 2.35. The molecule has 0 saturated carbocycles. The van der Waals surface area contributed by atoms with Gasteiger partial charge in [0.05, 0.1) is 32.3 Å². The van der Waals surface area contributed by atoms with Crippen LogP contribution in [0.2, 0.25) is 0 Å². The van der Waals surface area contributed by atoms with E-state index in [0.717, 1.165) is 90.0 Å². The molecule has 0 N–H and O–H groups in total. The summed E-state index contributed by atoms with van der Waals surface area (Å²) in [5.41, 5.74) is 8.28. The van der Waals surface area contributed by atoms with Gasteiger partial charge in [0.15, 0.2) is 5.79 Å². The summed E-state index contributed by atoms with van der Waals surface area (Å²) in [5.74, 6) is -0.0180. The second-order valence-electron chi connectivity index (χ2n) is 16.0. The van der Waals surface area contributed by atoms with Crippen LogP contribution in [-0.4, -0.2) is 68.2 Å². The van der Waals surface area contributed by atoms with Gasteiger partial charge in [0, 0.05) is 25.8 Å². The average Bonchev–Trinajstić information content (AvgIpc) is 3.80. The Morgan fingerprint density at radius 1 is 0.774 bits per heavy atom. The van der Waals surface area contributed by atoms with Crippen LogP contribution in [0, 0.1) is 11.8 Å². The summed E-state index contributed by atoms with van der Waals surface area (Å²) in [4.78, 5) is 27.1. The van der Waals surface area contributed by atoms with Crippen LogP contribution in [0.1, 0.15) is 188 Å². The van der Waals surface area contributed by atoms with E-state index in [1.165, 1.54) is 83.7 Å². The molecule has 2 aliphatic rings. The quantitative estimate of drug-likeness (QED) is 0.0376. The third-order valence-corrected chi connectivity index (χ3v) is 10.9. The van der Waals surface area contributed by atoms with Crippen molar-refractivity contribution < 1.29 is 28.5 Å². The molecule has 2 heterocycles. The minimum absolute atomic E-state index is 0.0286. The third-order valence-electron chi connectivity index (χ3n) is 10.9. The molecule has 0 spiro atoms. The third kappa shape index (κ3) is 24.1. The lowest BCUT2D eigenvalue weighted by atomic mass is 9.98. The molecule has 4 atom stereocenters. The van der Waals surface area contributed by atoms with E-state index in [9.17, 15) is 9.59 Å². The Labute approximate surface area is 325 Å². The average molecular weight is 742 g/mol. The predicted molar refractivity (Wildman–Crippen MR) is 217 cm³/mol. The number of hydrogen-bond acceptors (Lipinski definition) is 7.